The van der Waals surface area contributed by atoms with E-state index in [-0.39, 0.29) is 12.5 Å². The maximum Gasteiger partial charge on any atom is 0.331 e. The smallest absolute Gasteiger partial charge is 0.331 e. The van der Waals surface area contributed by atoms with Crippen molar-refractivity contribution in [2.24, 2.45) is 0 Å². The number of rotatable bonds is 9. The third kappa shape index (κ3) is 6.55. The largest absolute Gasteiger partial charge is 0.494 e. The third-order valence-corrected chi connectivity index (χ3v) is 4.29. The lowest BCUT2D eigenvalue weighted by molar-refractivity contribution is -0.143. The van der Waals surface area contributed by atoms with Crippen LogP contribution in [0.15, 0.2) is 48.5 Å². The molecule has 158 valence electrons. The van der Waals surface area contributed by atoms with Gasteiger partial charge in [-0.2, -0.15) is 0 Å². The highest BCUT2D eigenvalue weighted by Gasteiger charge is 2.12. The number of ether oxygens (including phenoxy) is 4. The summed E-state index contributed by atoms with van der Waals surface area (Å²) < 4.78 is 21.4. The highest BCUT2D eigenvalue weighted by atomic mass is 16.6. The summed E-state index contributed by atoms with van der Waals surface area (Å²) in [4.78, 5) is 23.7. The van der Waals surface area contributed by atoms with Crippen LogP contribution >= 0.6 is 0 Å². The van der Waals surface area contributed by atoms with Gasteiger partial charge in [0.2, 0.25) is 0 Å². The SMILES string of the molecule is CCOc1ccc(/C=C/C(=O)OCC(=O)NCCc2ccc3c(c2)OCCO3)cc1. The van der Waals surface area contributed by atoms with Crippen molar-refractivity contribution in [1.29, 1.82) is 0 Å². The normalized spacial score (nSPS) is 12.4. The lowest BCUT2D eigenvalue weighted by Gasteiger charge is -2.18. The van der Waals surface area contributed by atoms with E-state index in [1.54, 1.807) is 6.08 Å². The number of amides is 1. The Bertz CT molecular complexity index is 891. The molecule has 0 aliphatic carbocycles. The maximum absolute atomic E-state index is 11.9. The number of benzene rings is 2. The van der Waals surface area contributed by atoms with Gasteiger partial charge in [-0.1, -0.05) is 18.2 Å². The molecular weight excluding hydrogens is 386 g/mol. The minimum absolute atomic E-state index is 0.326. The van der Waals surface area contributed by atoms with Gasteiger partial charge in [-0.25, -0.2) is 4.79 Å². The average Bonchev–Trinajstić information content (AvgIpc) is 2.77. The van der Waals surface area contributed by atoms with E-state index in [1.165, 1.54) is 6.08 Å². The fraction of sp³-hybridized carbons (Fsp3) is 0.304. The van der Waals surface area contributed by atoms with Crippen LogP contribution in [-0.2, 0) is 20.7 Å². The maximum atomic E-state index is 11.9. The number of fused-ring (bicyclic) bond motifs is 1. The Hall–Kier alpha value is -3.48. The predicted molar refractivity (Wildman–Crippen MR) is 112 cm³/mol. The quantitative estimate of drug-likeness (QED) is 0.505. The van der Waals surface area contributed by atoms with Gasteiger partial charge in [0.25, 0.3) is 5.91 Å². The summed E-state index contributed by atoms with van der Waals surface area (Å²) in [6.07, 6.45) is 3.55. The summed E-state index contributed by atoms with van der Waals surface area (Å²) in [6.45, 7) is 3.70. The van der Waals surface area contributed by atoms with Crippen molar-refractivity contribution in [2.75, 3.05) is 33.0 Å². The highest BCUT2D eigenvalue weighted by Crippen LogP contribution is 2.30. The summed E-state index contributed by atoms with van der Waals surface area (Å²) >= 11 is 0. The van der Waals surface area contributed by atoms with Gasteiger partial charge in [0, 0.05) is 12.6 Å². The summed E-state index contributed by atoms with van der Waals surface area (Å²) in [5.41, 5.74) is 1.86. The molecule has 2 aromatic carbocycles. The number of hydrogen-bond acceptors (Lipinski definition) is 6. The zero-order chi connectivity index (χ0) is 21.2. The van der Waals surface area contributed by atoms with Crippen LogP contribution < -0.4 is 19.5 Å². The topological polar surface area (TPSA) is 83.1 Å². The fourth-order valence-corrected chi connectivity index (χ4v) is 2.83. The molecule has 0 fully saturated rings. The predicted octanol–water partition coefficient (Wildman–Crippen LogP) is 2.77. The lowest BCUT2D eigenvalue weighted by atomic mass is 10.1. The Morgan fingerprint density at radius 1 is 1.07 bits per heavy atom. The van der Waals surface area contributed by atoms with E-state index in [0.29, 0.717) is 32.8 Å². The summed E-state index contributed by atoms with van der Waals surface area (Å²) in [5, 5.41) is 2.73. The molecule has 0 aromatic heterocycles. The minimum Gasteiger partial charge on any atom is -0.494 e. The molecule has 1 amide bonds. The Morgan fingerprint density at radius 2 is 1.83 bits per heavy atom. The van der Waals surface area contributed by atoms with Gasteiger partial charge in [0.15, 0.2) is 18.1 Å². The van der Waals surface area contributed by atoms with Gasteiger partial charge in [0.1, 0.15) is 19.0 Å². The van der Waals surface area contributed by atoms with Crippen LogP contribution in [-0.4, -0.2) is 44.8 Å². The van der Waals surface area contributed by atoms with Crippen molar-refractivity contribution in [3.63, 3.8) is 0 Å². The molecule has 0 bridgehead atoms. The number of carbonyl (C=O) groups excluding carboxylic acids is 2. The molecule has 0 spiro atoms. The van der Waals surface area contributed by atoms with Crippen molar-refractivity contribution in [3.8, 4) is 17.2 Å². The van der Waals surface area contributed by atoms with Gasteiger partial charge in [-0.3, -0.25) is 4.79 Å². The average molecular weight is 411 g/mol. The van der Waals surface area contributed by atoms with E-state index < -0.39 is 5.97 Å². The molecule has 0 unspecified atom stereocenters. The van der Waals surface area contributed by atoms with Gasteiger partial charge in [-0.15, -0.1) is 0 Å². The van der Waals surface area contributed by atoms with Crippen molar-refractivity contribution >= 4 is 18.0 Å². The molecule has 0 atom stereocenters. The first-order valence-electron chi connectivity index (χ1n) is 9.87. The van der Waals surface area contributed by atoms with Crippen molar-refractivity contribution in [3.05, 3.63) is 59.7 Å². The van der Waals surface area contributed by atoms with Crippen LogP contribution in [0, 0.1) is 0 Å². The Labute approximate surface area is 175 Å². The molecule has 0 saturated carbocycles. The number of hydrogen-bond donors (Lipinski definition) is 1. The van der Waals surface area contributed by atoms with E-state index in [9.17, 15) is 9.59 Å². The van der Waals surface area contributed by atoms with Crippen LogP contribution in [0.25, 0.3) is 6.08 Å². The highest BCUT2D eigenvalue weighted by molar-refractivity contribution is 5.89. The Balaban J connectivity index is 1.35. The lowest BCUT2D eigenvalue weighted by Crippen LogP contribution is -2.30. The van der Waals surface area contributed by atoms with Gasteiger partial charge >= 0.3 is 5.97 Å². The molecular formula is C23H25NO6. The van der Waals surface area contributed by atoms with Gasteiger partial charge in [-0.05, 0) is 54.8 Å². The summed E-state index contributed by atoms with van der Waals surface area (Å²) in [6, 6.07) is 13.0. The first kappa shape index (κ1) is 21.2. The second kappa shape index (κ2) is 10.9. The molecule has 1 aliphatic rings. The molecule has 2 aromatic rings. The monoisotopic (exact) mass is 411 g/mol. The third-order valence-electron chi connectivity index (χ3n) is 4.29. The fourth-order valence-electron chi connectivity index (χ4n) is 2.83. The van der Waals surface area contributed by atoms with Gasteiger partial charge < -0.3 is 24.3 Å². The summed E-state index contributed by atoms with van der Waals surface area (Å²) in [5.74, 6) is 1.30. The first-order chi connectivity index (χ1) is 14.6. The molecule has 1 aliphatic heterocycles. The molecule has 7 nitrogen and oxygen atoms in total. The standard InChI is InChI=1S/C23H25NO6/c1-2-27-19-7-3-17(4-8-19)6-10-23(26)30-16-22(25)24-12-11-18-5-9-20-21(15-18)29-14-13-28-20/h3-10,15H,2,11-14,16H2,1H3,(H,24,25)/b10-6+. The van der Waals surface area contributed by atoms with E-state index in [0.717, 1.165) is 28.4 Å². The van der Waals surface area contributed by atoms with Crippen LogP contribution in [0.1, 0.15) is 18.1 Å². The molecule has 0 saturated heterocycles. The zero-order valence-corrected chi connectivity index (χ0v) is 16.9. The number of nitrogens with one attached hydrogen (secondary N) is 1. The molecule has 3 rings (SSSR count). The molecule has 1 N–H and O–H groups in total. The molecule has 7 heteroatoms. The van der Waals surface area contributed by atoms with Crippen molar-refractivity contribution in [1.82, 2.24) is 5.32 Å². The zero-order valence-electron chi connectivity index (χ0n) is 16.9. The van der Waals surface area contributed by atoms with Crippen LogP contribution in [0.5, 0.6) is 17.2 Å². The Kier molecular flexibility index (Phi) is 7.71. The van der Waals surface area contributed by atoms with Gasteiger partial charge in [0.05, 0.1) is 6.61 Å². The summed E-state index contributed by atoms with van der Waals surface area (Å²) in [7, 11) is 0. The van der Waals surface area contributed by atoms with E-state index in [1.807, 2.05) is 49.4 Å². The van der Waals surface area contributed by atoms with Crippen molar-refractivity contribution in [2.45, 2.75) is 13.3 Å². The molecule has 1 heterocycles. The van der Waals surface area contributed by atoms with Crippen LogP contribution in [0.4, 0.5) is 0 Å². The van der Waals surface area contributed by atoms with E-state index in [2.05, 4.69) is 5.32 Å². The van der Waals surface area contributed by atoms with Crippen LogP contribution in [0.3, 0.4) is 0 Å². The Morgan fingerprint density at radius 3 is 2.60 bits per heavy atom. The minimum atomic E-state index is -0.578. The number of carbonyl (C=O) groups is 2. The first-order valence-corrected chi connectivity index (χ1v) is 9.87. The molecule has 0 radical (unpaired) electrons. The second-order valence-electron chi connectivity index (χ2n) is 6.52. The van der Waals surface area contributed by atoms with E-state index in [4.69, 9.17) is 18.9 Å². The molecule has 30 heavy (non-hydrogen) atoms. The number of esters is 1. The van der Waals surface area contributed by atoms with E-state index >= 15 is 0 Å². The van der Waals surface area contributed by atoms with Crippen LogP contribution in [0.2, 0.25) is 0 Å². The van der Waals surface area contributed by atoms with Crippen molar-refractivity contribution < 1.29 is 28.5 Å². The second-order valence-corrected chi connectivity index (χ2v) is 6.52.